The molecule has 0 aliphatic heterocycles. The molecule has 0 spiro atoms. The van der Waals surface area contributed by atoms with Crippen LogP contribution in [0.2, 0.25) is 0 Å². The molecular weight excluding hydrogens is 294 g/mol. The van der Waals surface area contributed by atoms with Gasteiger partial charge >= 0.3 is 0 Å². The minimum absolute atomic E-state index is 0.0390. The molecule has 2 rings (SSSR count). The molecule has 0 atom stereocenters. The molecule has 0 aromatic heterocycles. The average Bonchev–Trinajstić information content (AvgIpc) is 2.41. The molecule has 0 fully saturated rings. The molecule has 0 saturated carbocycles. The minimum Gasteiger partial charge on any atom is -0.456 e. The van der Waals surface area contributed by atoms with Crippen molar-refractivity contribution in [2.75, 3.05) is 0 Å². The monoisotopic (exact) mass is 303 g/mol. The Bertz CT molecular complexity index is 605. The van der Waals surface area contributed by atoms with E-state index in [1.807, 2.05) is 6.07 Å². The van der Waals surface area contributed by atoms with Crippen LogP contribution in [0, 0.1) is 11.3 Å². The quantitative estimate of drug-likeness (QED) is 0.942. The van der Waals surface area contributed by atoms with Crippen LogP contribution in [0.1, 0.15) is 11.1 Å². The number of aliphatic hydroxyl groups excluding tert-OH is 1. The van der Waals surface area contributed by atoms with Gasteiger partial charge in [-0.1, -0.05) is 28.1 Å². The summed E-state index contributed by atoms with van der Waals surface area (Å²) >= 11 is 3.31. The predicted molar refractivity (Wildman–Crippen MR) is 71.3 cm³/mol. The van der Waals surface area contributed by atoms with E-state index in [1.54, 1.807) is 36.4 Å². The summed E-state index contributed by atoms with van der Waals surface area (Å²) in [6, 6.07) is 14.4. The van der Waals surface area contributed by atoms with Gasteiger partial charge in [0.2, 0.25) is 0 Å². The summed E-state index contributed by atoms with van der Waals surface area (Å²) in [5, 5.41) is 18.1. The van der Waals surface area contributed by atoms with Crippen molar-refractivity contribution in [2.24, 2.45) is 0 Å². The number of hydrogen-bond acceptors (Lipinski definition) is 3. The fourth-order valence-electron chi connectivity index (χ4n) is 1.51. The smallest absolute Gasteiger partial charge is 0.145 e. The van der Waals surface area contributed by atoms with E-state index in [9.17, 15) is 0 Å². The molecule has 0 radical (unpaired) electrons. The van der Waals surface area contributed by atoms with Gasteiger partial charge < -0.3 is 9.84 Å². The van der Waals surface area contributed by atoms with Gasteiger partial charge in [0.05, 0.1) is 12.2 Å². The van der Waals surface area contributed by atoms with E-state index in [0.29, 0.717) is 17.1 Å². The third-order valence-electron chi connectivity index (χ3n) is 2.37. The van der Waals surface area contributed by atoms with Crippen LogP contribution >= 0.6 is 15.9 Å². The number of aliphatic hydroxyl groups is 1. The van der Waals surface area contributed by atoms with Gasteiger partial charge in [0.1, 0.15) is 17.6 Å². The van der Waals surface area contributed by atoms with Crippen molar-refractivity contribution < 1.29 is 9.84 Å². The van der Waals surface area contributed by atoms with Gasteiger partial charge in [0.15, 0.2) is 0 Å². The van der Waals surface area contributed by atoms with Crippen LogP contribution in [0.4, 0.5) is 0 Å². The van der Waals surface area contributed by atoms with Crippen LogP contribution in [0.15, 0.2) is 46.9 Å². The van der Waals surface area contributed by atoms with Crippen molar-refractivity contribution in [1.29, 1.82) is 5.26 Å². The van der Waals surface area contributed by atoms with Crippen LogP contribution in [0.3, 0.4) is 0 Å². The van der Waals surface area contributed by atoms with Gasteiger partial charge in [-0.15, -0.1) is 0 Å². The second-order valence-electron chi connectivity index (χ2n) is 3.66. The van der Waals surface area contributed by atoms with Crippen LogP contribution in [-0.2, 0) is 6.61 Å². The summed E-state index contributed by atoms with van der Waals surface area (Å²) in [5.41, 5.74) is 1.22. The highest BCUT2D eigenvalue weighted by Crippen LogP contribution is 2.27. The van der Waals surface area contributed by atoms with E-state index >= 15 is 0 Å². The zero-order valence-corrected chi connectivity index (χ0v) is 11.0. The van der Waals surface area contributed by atoms with Crippen LogP contribution < -0.4 is 4.74 Å². The lowest BCUT2D eigenvalue weighted by Gasteiger charge is -2.08. The summed E-state index contributed by atoms with van der Waals surface area (Å²) in [6.45, 7) is -0.0390. The maximum Gasteiger partial charge on any atom is 0.145 e. The van der Waals surface area contributed by atoms with Gasteiger partial charge in [0.25, 0.3) is 0 Å². The molecule has 1 N–H and O–H groups in total. The van der Waals surface area contributed by atoms with Crippen LogP contribution in [-0.4, -0.2) is 5.11 Å². The lowest BCUT2D eigenvalue weighted by molar-refractivity contribution is 0.281. The number of benzene rings is 2. The van der Waals surface area contributed by atoms with Crippen LogP contribution in [0.25, 0.3) is 0 Å². The average molecular weight is 304 g/mol. The molecule has 0 aliphatic rings. The first-order chi connectivity index (χ1) is 8.72. The Kier molecular flexibility index (Phi) is 3.98. The number of hydrogen-bond donors (Lipinski definition) is 1. The van der Waals surface area contributed by atoms with E-state index in [2.05, 4.69) is 22.0 Å². The van der Waals surface area contributed by atoms with Gasteiger partial charge in [-0.3, -0.25) is 0 Å². The molecule has 18 heavy (non-hydrogen) atoms. The summed E-state index contributed by atoms with van der Waals surface area (Å²) < 4.78 is 6.47. The van der Waals surface area contributed by atoms with Crippen molar-refractivity contribution in [1.82, 2.24) is 0 Å². The summed E-state index contributed by atoms with van der Waals surface area (Å²) in [7, 11) is 0. The number of nitriles is 1. The number of rotatable bonds is 3. The zero-order chi connectivity index (χ0) is 13.0. The van der Waals surface area contributed by atoms with E-state index < -0.39 is 0 Å². The van der Waals surface area contributed by atoms with Crippen LogP contribution in [0.5, 0.6) is 11.5 Å². The fraction of sp³-hybridized carbons (Fsp3) is 0.0714. The molecule has 2 aromatic carbocycles. The SMILES string of the molecule is N#Cc1cc(Br)ccc1Oc1cccc(CO)c1. The Labute approximate surface area is 113 Å². The first-order valence-electron chi connectivity index (χ1n) is 5.30. The molecule has 0 saturated heterocycles. The van der Waals surface area contributed by atoms with Gasteiger partial charge in [0, 0.05) is 4.47 Å². The molecule has 0 bridgehead atoms. The molecule has 90 valence electrons. The largest absolute Gasteiger partial charge is 0.456 e. The first kappa shape index (κ1) is 12.6. The molecular formula is C14H10BrNO2. The lowest BCUT2D eigenvalue weighted by atomic mass is 10.2. The molecule has 0 heterocycles. The second kappa shape index (κ2) is 5.67. The first-order valence-corrected chi connectivity index (χ1v) is 6.09. The number of ether oxygens (including phenoxy) is 1. The highest BCUT2D eigenvalue weighted by molar-refractivity contribution is 9.10. The molecule has 0 aliphatic carbocycles. The molecule has 0 unspecified atom stereocenters. The minimum atomic E-state index is -0.0390. The topological polar surface area (TPSA) is 53.2 Å². The van der Waals surface area contributed by atoms with Gasteiger partial charge in [-0.2, -0.15) is 5.26 Å². The maximum atomic E-state index is 9.05. The Hall–Kier alpha value is -1.83. The molecule has 3 nitrogen and oxygen atoms in total. The van der Waals surface area contributed by atoms with E-state index in [1.165, 1.54) is 0 Å². The van der Waals surface area contributed by atoms with E-state index in [-0.39, 0.29) is 6.61 Å². The van der Waals surface area contributed by atoms with Crippen molar-refractivity contribution in [3.63, 3.8) is 0 Å². The number of halogens is 1. The standard InChI is InChI=1S/C14H10BrNO2/c15-12-4-5-14(11(7-12)8-16)18-13-3-1-2-10(6-13)9-17/h1-7,17H,9H2. The normalized spacial score (nSPS) is 9.83. The Morgan fingerprint density at radius 2 is 2.06 bits per heavy atom. The van der Waals surface area contributed by atoms with Crippen molar-refractivity contribution >= 4 is 15.9 Å². The fourth-order valence-corrected chi connectivity index (χ4v) is 1.87. The lowest BCUT2D eigenvalue weighted by Crippen LogP contribution is -1.90. The van der Waals surface area contributed by atoms with Crippen molar-refractivity contribution in [3.8, 4) is 17.6 Å². The Morgan fingerprint density at radius 1 is 1.22 bits per heavy atom. The van der Waals surface area contributed by atoms with Gasteiger partial charge in [-0.25, -0.2) is 0 Å². The molecule has 0 amide bonds. The molecule has 4 heteroatoms. The summed E-state index contributed by atoms with van der Waals surface area (Å²) in [5.74, 6) is 1.09. The van der Waals surface area contributed by atoms with E-state index in [0.717, 1.165) is 10.0 Å². The maximum absolute atomic E-state index is 9.05. The summed E-state index contributed by atoms with van der Waals surface area (Å²) in [6.07, 6.45) is 0. The zero-order valence-electron chi connectivity index (χ0n) is 9.43. The second-order valence-corrected chi connectivity index (χ2v) is 4.58. The Balaban J connectivity index is 2.31. The van der Waals surface area contributed by atoms with Crippen molar-refractivity contribution in [2.45, 2.75) is 6.61 Å². The molecule has 2 aromatic rings. The van der Waals surface area contributed by atoms with E-state index in [4.69, 9.17) is 15.1 Å². The Morgan fingerprint density at radius 3 is 2.78 bits per heavy atom. The number of nitrogens with zero attached hydrogens (tertiary/aromatic N) is 1. The highest BCUT2D eigenvalue weighted by Gasteiger charge is 2.05. The third kappa shape index (κ3) is 2.89. The highest BCUT2D eigenvalue weighted by atomic mass is 79.9. The van der Waals surface area contributed by atoms with Crippen molar-refractivity contribution in [3.05, 3.63) is 58.1 Å². The van der Waals surface area contributed by atoms with Gasteiger partial charge in [-0.05, 0) is 35.9 Å². The third-order valence-corrected chi connectivity index (χ3v) is 2.86. The summed E-state index contributed by atoms with van der Waals surface area (Å²) in [4.78, 5) is 0. The predicted octanol–water partition coefficient (Wildman–Crippen LogP) is 3.61.